The fourth-order valence-electron chi connectivity index (χ4n) is 3.44. The number of carbonyl (C=O) groups excluding carboxylic acids is 1. The summed E-state index contributed by atoms with van der Waals surface area (Å²) in [5.41, 5.74) is 1.19. The molecule has 4 nitrogen and oxygen atoms in total. The molecule has 23 heavy (non-hydrogen) atoms. The number of amides is 1. The van der Waals surface area contributed by atoms with Crippen LogP contribution in [0.15, 0.2) is 5.38 Å². The molecule has 1 aromatic heterocycles. The highest BCUT2D eigenvalue weighted by molar-refractivity contribution is 7.09. The average Bonchev–Trinajstić information content (AvgIpc) is 3.30. The lowest BCUT2D eigenvalue weighted by atomic mass is 9.89. The first kappa shape index (κ1) is 16.9. The standard InChI is InChI=1S/C18H29N3OS/c1-4-13-10-21(18(22)12(2)3)8-7-16(13)19-9-15-11-23-17(20-15)14-5-6-14/h11-14,16,19H,4-10H2,1-3H3/t13-,16+/m0/s1. The largest absolute Gasteiger partial charge is 0.342 e. The average molecular weight is 336 g/mol. The van der Waals surface area contributed by atoms with Crippen molar-refractivity contribution in [3.05, 3.63) is 16.1 Å². The zero-order valence-corrected chi connectivity index (χ0v) is 15.4. The van der Waals surface area contributed by atoms with Crippen molar-refractivity contribution in [2.75, 3.05) is 13.1 Å². The van der Waals surface area contributed by atoms with E-state index in [1.54, 1.807) is 0 Å². The number of aromatic nitrogens is 1. The number of likely N-dealkylation sites (tertiary alicyclic amines) is 1. The zero-order valence-electron chi connectivity index (χ0n) is 14.5. The zero-order chi connectivity index (χ0) is 16.4. The van der Waals surface area contributed by atoms with E-state index in [0.717, 1.165) is 38.4 Å². The molecule has 1 aliphatic heterocycles. The predicted molar refractivity (Wildman–Crippen MR) is 94.5 cm³/mol. The lowest BCUT2D eigenvalue weighted by molar-refractivity contribution is -0.136. The molecule has 0 radical (unpaired) electrons. The molecule has 1 N–H and O–H groups in total. The first-order valence-corrected chi connectivity index (χ1v) is 9.93. The van der Waals surface area contributed by atoms with E-state index in [1.807, 2.05) is 25.2 Å². The summed E-state index contributed by atoms with van der Waals surface area (Å²) >= 11 is 1.82. The molecule has 0 spiro atoms. The molecule has 2 aliphatic rings. The van der Waals surface area contributed by atoms with E-state index in [9.17, 15) is 4.79 Å². The van der Waals surface area contributed by atoms with Crippen molar-refractivity contribution in [2.24, 2.45) is 11.8 Å². The number of thiazole rings is 1. The lowest BCUT2D eigenvalue weighted by Crippen LogP contribution is -2.51. The lowest BCUT2D eigenvalue weighted by Gasteiger charge is -2.39. The van der Waals surface area contributed by atoms with E-state index < -0.39 is 0 Å². The van der Waals surface area contributed by atoms with Gasteiger partial charge in [0.05, 0.1) is 10.7 Å². The maximum atomic E-state index is 12.2. The highest BCUT2D eigenvalue weighted by Gasteiger charge is 2.31. The van der Waals surface area contributed by atoms with Crippen molar-refractivity contribution in [2.45, 2.75) is 65.0 Å². The summed E-state index contributed by atoms with van der Waals surface area (Å²) in [5.74, 6) is 1.71. The van der Waals surface area contributed by atoms with E-state index in [1.165, 1.54) is 23.5 Å². The molecule has 5 heteroatoms. The molecule has 0 bridgehead atoms. The molecule has 1 saturated carbocycles. The van der Waals surface area contributed by atoms with Gasteiger partial charge in [-0.25, -0.2) is 4.98 Å². The van der Waals surface area contributed by atoms with Gasteiger partial charge in [0.2, 0.25) is 5.91 Å². The number of nitrogens with zero attached hydrogens (tertiary/aromatic N) is 2. The molecule has 1 amide bonds. The number of rotatable bonds is 6. The van der Waals surface area contributed by atoms with Gasteiger partial charge >= 0.3 is 0 Å². The Morgan fingerprint density at radius 2 is 2.22 bits per heavy atom. The second-order valence-electron chi connectivity index (χ2n) is 7.33. The Labute approximate surface area is 143 Å². The minimum Gasteiger partial charge on any atom is -0.342 e. The van der Waals surface area contributed by atoms with Crippen LogP contribution in [0.3, 0.4) is 0 Å². The van der Waals surface area contributed by atoms with Gasteiger partial charge in [-0.1, -0.05) is 27.2 Å². The van der Waals surface area contributed by atoms with Crippen molar-refractivity contribution >= 4 is 17.2 Å². The van der Waals surface area contributed by atoms with Crippen LogP contribution in [0.5, 0.6) is 0 Å². The van der Waals surface area contributed by atoms with Crippen LogP contribution in [0.1, 0.15) is 63.1 Å². The molecular formula is C18H29N3OS. The van der Waals surface area contributed by atoms with Gasteiger partial charge in [0.1, 0.15) is 0 Å². The molecule has 3 rings (SSSR count). The minimum atomic E-state index is 0.105. The molecule has 128 valence electrons. The quantitative estimate of drug-likeness (QED) is 0.867. The minimum absolute atomic E-state index is 0.105. The van der Waals surface area contributed by atoms with Crippen LogP contribution in [0.4, 0.5) is 0 Å². The van der Waals surface area contributed by atoms with Gasteiger partial charge in [-0.3, -0.25) is 4.79 Å². The molecule has 1 aromatic rings. The summed E-state index contributed by atoms with van der Waals surface area (Å²) in [6.45, 7) is 8.87. The SMILES string of the molecule is CC[C@H]1CN(C(=O)C(C)C)CC[C@H]1NCc1csc(C2CC2)n1. The van der Waals surface area contributed by atoms with Crippen LogP contribution in [0, 0.1) is 11.8 Å². The highest BCUT2D eigenvalue weighted by atomic mass is 32.1. The third-order valence-corrected chi connectivity index (χ3v) is 6.16. The van der Waals surface area contributed by atoms with Crippen molar-refractivity contribution < 1.29 is 4.79 Å². The maximum absolute atomic E-state index is 12.2. The topological polar surface area (TPSA) is 45.2 Å². The van der Waals surface area contributed by atoms with Crippen molar-refractivity contribution in [3.63, 3.8) is 0 Å². The predicted octanol–water partition coefficient (Wildman–Crippen LogP) is 3.39. The Bertz CT molecular complexity index is 538. The summed E-state index contributed by atoms with van der Waals surface area (Å²) in [5, 5.41) is 7.24. The van der Waals surface area contributed by atoms with E-state index in [2.05, 4.69) is 22.5 Å². The van der Waals surface area contributed by atoms with Crippen molar-refractivity contribution in [1.29, 1.82) is 0 Å². The summed E-state index contributed by atoms with van der Waals surface area (Å²) in [7, 11) is 0. The van der Waals surface area contributed by atoms with Gasteiger partial charge in [-0.15, -0.1) is 11.3 Å². The number of hydrogen-bond donors (Lipinski definition) is 1. The molecule has 2 heterocycles. The maximum Gasteiger partial charge on any atom is 0.225 e. The molecule has 1 saturated heterocycles. The first-order valence-electron chi connectivity index (χ1n) is 9.05. The highest BCUT2D eigenvalue weighted by Crippen LogP contribution is 2.41. The second-order valence-corrected chi connectivity index (χ2v) is 8.22. The van der Waals surface area contributed by atoms with Gasteiger partial charge in [-0.05, 0) is 25.2 Å². The Hall–Kier alpha value is -0.940. The molecule has 0 unspecified atom stereocenters. The fourth-order valence-corrected chi connectivity index (χ4v) is 4.43. The summed E-state index contributed by atoms with van der Waals surface area (Å²) in [6, 6.07) is 0.502. The summed E-state index contributed by atoms with van der Waals surface area (Å²) in [4.78, 5) is 19.0. The summed E-state index contributed by atoms with van der Waals surface area (Å²) in [6.07, 6.45) is 4.81. The number of piperidine rings is 1. The van der Waals surface area contributed by atoms with Crippen LogP contribution in [0.2, 0.25) is 0 Å². The van der Waals surface area contributed by atoms with E-state index in [0.29, 0.717) is 17.9 Å². The molecule has 1 aliphatic carbocycles. The van der Waals surface area contributed by atoms with Gasteiger partial charge in [0, 0.05) is 42.9 Å². The molecule has 0 aromatic carbocycles. The van der Waals surface area contributed by atoms with Crippen LogP contribution in [-0.4, -0.2) is 34.9 Å². The van der Waals surface area contributed by atoms with Crippen molar-refractivity contribution in [3.8, 4) is 0 Å². The van der Waals surface area contributed by atoms with Crippen LogP contribution >= 0.6 is 11.3 Å². The Morgan fingerprint density at radius 1 is 1.43 bits per heavy atom. The Kier molecular flexibility index (Phi) is 5.37. The van der Waals surface area contributed by atoms with E-state index >= 15 is 0 Å². The smallest absolute Gasteiger partial charge is 0.225 e. The third kappa shape index (κ3) is 4.13. The Balaban J connectivity index is 1.52. The van der Waals surface area contributed by atoms with Gasteiger partial charge in [0.15, 0.2) is 0 Å². The molecule has 2 fully saturated rings. The van der Waals surface area contributed by atoms with Crippen LogP contribution < -0.4 is 5.32 Å². The third-order valence-electron chi connectivity index (χ3n) is 5.11. The number of nitrogens with one attached hydrogen (secondary N) is 1. The Morgan fingerprint density at radius 3 is 2.87 bits per heavy atom. The van der Waals surface area contributed by atoms with Gasteiger partial charge in [-0.2, -0.15) is 0 Å². The number of carbonyl (C=O) groups is 1. The van der Waals surface area contributed by atoms with E-state index in [4.69, 9.17) is 4.98 Å². The van der Waals surface area contributed by atoms with Crippen molar-refractivity contribution in [1.82, 2.24) is 15.2 Å². The number of hydrogen-bond acceptors (Lipinski definition) is 4. The fraction of sp³-hybridized carbons (Fsp3) is 0.778. The monoisotopic (exact) mass is 335 g/mol. The van der Waals surface area contributed by atoms with E-state index in [-0.39, 0.29) is 5.92 Å². The first-order chi connectivity index (χ1) is 11.1. The summed E-state index contributed by atoms with van der Waals surface area (Å²) < 4.78 is 0. The van der Waals surface area contributed by atoms with Crippen LogP contribution in [-0.2, 0) is 11.3 Å². The van der Waals surface area contributed by atoms with Gasteiger partial charge < -0.3 is 10.2 Å². The van der Waals surface area contributed by atoms with Gasteiger partial charge in [0.25, 0.3) is 0 Å². The normalized spacial score (nSPS) is 25.1. The molecule has 2 atom stereocenters. The van der Waals surface area contributed by atoms with Crippen LogP contribution in [0.25, 0.3) is 0 Å². The molecular weight excluding hydrogens is 306 g/mol. The second kappa shape index (κ2) is 7.31.